The zero-order valence-corrected chi connectivity index (χ0v) is 10.0. The number of allylic oxidation sites excluding steroid dienone is 1. The van der Waals surface area contributed by atoms with Crippen LogP contribution in [0.3, 0.4) is 0 Å². The summed E-state index contributed by atoms with van der Waals surface area (Å²) < 4.78 is 0. The molecule has 0 bridgehead atoms. The van der Waals surface area contributed by atoms with E-state index in [0.717, 1.165) is 19.4 Å². The van der Waals surface area contributed by atoms with E-state index in [4.69, 9.17) is 0 Å². The van der Waals surface area contributed by atoms with Crippen molar-refractivity contribution in [1.82, 2.24) is 5.32 Å². The Balaban J connectivity index is 2.15. The van der Waals surface area contributed by atoms with Crippen LogP contribution < -0.4 is 5.32 Å². The van der Waals surface area contributed by atoms with E-state index in [1.54, 1.807) is 0 Å². The van der Waals surface area contributed by atoms with E-state index >= 15 is 0 Å². The number of amides is 1. The standard InChI is InChI=1S/C13H23NO/c1-3-11(2)13(15)14-10-9-12-7-5-4-6-8-12/h7,11H,3-6,8-10H2,1-2H3,(H,14,15). The Morgan fingerprint density at radius 3 is 2.93 bits per heavy atom. The molecule has 2 nitrogen and oxygen atoms in total. The average Bonchev–Trinajstić information content (AvgIpc) is 2.29. The summed E-state index contributed by atoms with van der Waals surface area (Å²) in [5.74, 6) is 0.360. The van der Waals surface area contributed by atoms with Crippen LogP contribution in [0.4, 0.5) is 0 Å². The summed E-state index contributed by atoms with van der Waals surface area (Å²) in [5.41, 5.74) is 1.53. The van der Waals surface area contributed by atoms with Gasteiger partial charge in [-0.25, -0.2) is 0 Å². The Labute approximate surface area is 93.1 Å². The highest BCUT2D eigenvalue weighted by atomic mass is 16.1. The number of carbonyl (C=O) groups excluding carboxylic acids is 1. The van der Waals surface area contributed by atoms with Gasteiger partial charge in [0.2, 0.25) is 5.91 Å². The highest BCUT2D eigenvalue weighted by Gasteiger charge is 2.09. The maximum Gasteiger partial charge on any atom is 0.222 e. The third kappa shape index (κ3) is 4.50. The molecule has 15 heavy (non-hydrogen) atoms. The quantitative estimate of drug-likeness (QED) is 0.693. The molecule has 0 aromatic carbocycles. The maximum absolute atomic E-state index is 11.5. The highest BCUT2D eigenvalue weighted by Crippen LogP contribution is 2.19. The minimum absolute atomic E-state index is 0.158. The molecule has 0 saturated carbocycles. The molecule has 0 aromatic heterocycles. The fourth-order valence-electron chi connectivity index (χ4n) is 1.84. The molecule has 2 heteroatoms. The molecule has 0 saturated heterocycles. The fourth-order valence-corrected chi connectivity index (χ4v) is 1.84. The highest BCUT2D eigenvalue weighted by molar-refractivity contribution is 5.78. The van der Waals surface area contributed by atoms with E-state index in [-0.39, 0.29) is 11.8 Å². The molecule has 0 radical (unpaired) electrons. The topological polar surface area (TPSA) is 29.1 Å². The zero-order valence-electron chi connectivity index (χ0n) is 10.0. The third-order valence-corrected chi connectivity index (χ3v) is 3.19. The fraction of sp³-hybridized carbons (Fsp3) is 0.769. The molecule has 1 rings (SSSR count). The van der Waals surface area contributed by atoms with Gasteiger partial charge in [-0.15, -0.1) is 0 Å². The molecule has 1 N–H and O–H groups in total. The monoisotopic (exact) mass is 209 g/mol. The van der Waals surface area contributed by atoms with Gasteiger partial charge in [-0.05, 0) is 38.5 Å². The van der Waals surface area contributed by atoms with Crippen molar-refractivity contribution in [2.75, 3.05) is 6.54 Å². The lowest BCUT2D eigenvalue weighted by molar-refractivity contribution is -0.124. The van der Waals surface area contributed by atoms with Gasteiger partial charge in [-0.3, -0.25) is 4.79 Å². The molecule has 0 heterocycles. The number of rotatable bonds is 5. The van der Waals surface area contributed by atoms with Crippen molar-refractivity contribution >= 4 is 5.91 Å². The van der Waals surface area contributed by atoms with Crippen LogP contribution in [0.15, 0.2) is 11.6 Å². The van der Waals surface area contributed by atoms with Crippen molar-refractivity contribution in [3.8, 4) is 0 Å². The van der Waals surface area contributed by atoms with Crippen molar-refractivity contribution in [3.05, 3.63) is 11.6 Å². The van der Waals surface area contributed by atoms with Gasteiger partial charge in [0.1, 0.15) is 0 Å². The molecule has 0 spiro atoms. The second kappa shape index (κ2) is 6.65. The molecule has 1 atom stereocenters. The lowest BCUT2D eigenvalue weighted by Crippen LogP contribution is -2.29. The normalized spacial score (nSPS) is 18.1. The van der Waals surface area contributed by atoms with Crippen molar-refractivity contribution in [3.63, 3.8) is 0 Å². The summed E-state index contributed by atoms with van der Waals surface area (Å²) in [6, 6.07) is 0. The van der Waals surface area contributed by atoms with Crippen molar-refractivity contribution in [2.45, 2.75) is 52.4 Å². The van der Waals surface area contributed by atoms with Crippen molar-refractivity contribution < 1.29 is 4.79 Å². The third-order valence-electron chi connectivity index (χ3n) is 3.19. The Kier molecular flexibility index (Phi) is 5.44. The lowest BCUT2D eigenvalue weighted by atomic mass is 9.97. The molecule has 86 valence electrons. The lowest BCUT2D eigenvalue weighted by Gasteiger charge is -2.14. The van der Waals surface area contributed by atoms with E-state index in [0.29, 0.717) is 0 Å². The van der Waals surface area contributed by atoms with E-state index in [1.807, 2.05) is 13.8 Å². The molecule has 1 unspecified atom stereocenters. The predicted molar refractivity (Wildman–Crippen MR) is 63.6 cm³/mol. The van der Waals surface area contributed by atoms with Crippen LogP contribution in [-0.2, 0) is 4.79 Å². The van der Waals surface area contributed by atoms with Crippen LogP contribution >= 0.6 is 0 Å². The van der Waals surface area contributed by atoms with Crippen LogP contribution in [-0.4, -0.2) is 12.5 Å². The second-order valence-electron chi connectivity index (χ2n) is 4.46. The van der Waals surface area contributed by atoms with E-state index in [2.05, 4.69) is 11.4 Å². The van der Waals surface area contributed by atoms with Crippen LogP contribution in [0.5, 0.6) is 0 Å². The van der Waals surface area contributed by atoms with Gasteiger partial charge in [0.25, 0.3) is 0 Å². The molecule has 1 aliphatic carbocycles. The molecular formula is C13H23NO. The van der Waals surface area contributed by atoms with Gasteiger partial charge < -0.3 is 5.32 Å². The van der Waals surface area contributed by atoms with Gasteiger partial charge in [0, 0.05) is 12.5 Å². The Bertz CT molecular complexity index is 233. The predicted octanol–water partition coefficient (Wildman–Crippen LogP) is 3.04. The first kappa shape index (κ1) is 12.3. The first-order valence-electron chi connectivity index (χ1n) is 6.19. The average molecular weight is 209 g/mol. The van der Waals surface area contributed by atoms with Gasteiger partial charge in [0.05, 0.1) is 0 Å². The molecule has 0 aliphatic heterocycles. The van der Waals surface area contributed by atoms with Crippen LogP contribution in [0.2, 0.25) is 0 Å². The smallest absolute Gasteiger partial charge is 0.222 e. The zero-order chi connectivity index (χ0) is 11.1. The summed E-state index contributed by atoms with van der Waals surface area (Å²) in [5, 5.41) is 3.00. The van der Waals surface area contributed by atoms with Gasteiger partial charge in [0.15, 0.2) is 0 Å². The summed E-state index contributed by atoms with van der Waals surface area (Å²) in [6.07, 6.45) is 9.44. The Hall–Kier alpha value is -0.790. The molecule has 0 aromatic rings. The van der Waals surface area contributed by atoms with E-state index in [1.165, 1.54) is 31.3 Å². The largest absolute Gasteiger partial charge is 0.356 e. The van der Waals surface area contributed by atoms with Crippen molar-refractivity contribution in [1.29, 1.82) is 0 Å². The Morgan fingerprint density at radius 2 is 2.33 bits per heavy atom. The van der Waals surface area contributed by atoms with E-state index in [9.17, 15) is 4.79 Å². The molecule has 1 amide bonds. The van der Waals surface area contributed by atoms with Crippen LogP contribution in [0, 0.1) is 5.92 Å². The molecule has 1 aliphatic rings. The Morgan fingerprint density at radius 1 is 1.53 bits per heavy atom. The molecule has 0 fully saturated rings. The first-order valence-corrected chi connectivity index (χ1v) is 6.19. The van der Waals surface area contributed by atoms with Crippen LogP contribution in [0.1, 0.15) is 52.4 Å². The summed E-state index contributed by atoms with van der Waals surface area (Å²) >= 11 is 0. The second-order valence-corrected chi connectivity index (χ2v) is 4.46. The van der Waals surface area contributed by atoms with Gasteiger partial charge >= 0.3 is 0 Å². The van der Waals surface area contributed by atoms with Gasteiger partial charge in [-0.2, -0.15) is 0 Å². The minimum atomic E-state index is 0.158. The van der Waals surface area contributed by atoms with Gasteiger partial charge in [-0.1, -0.05) is 25.5 Å². The van der Waals surface area contributed by atoms with Crippen molar-refractivity contribution in [2.24, 2.45) is 5.92 Å². The first-order chi connectivity index (χ1) is 7.24. The number of carbonyl (C=O) groups is 1. The van der Waals surface area contributed by atoms with Crippen LogP contribution in [0.25, 0.3) is 0 Å². The minimum Gasteiger partial charge on any atom is -0.356 e. The molecular weight excluding hydrogens is 186 g/mol. The van der Waals surface area contributed by atoms with E-state index < -0.39 is 0 Å². The maximum atomic E-state index is 11.5. The number of nitrogens with one attached hydrogen (secondary N) is 1. The summed E-state index contributed by atoms with van der Waals surface area (Å²) in [4.78, 5) is 11.5. The number of hydrogen-bond donors (Lipinski definition) is 1. The number of hydrogen-bond acceptors (Lipinski definition) is 1. The summed E-state index contributed by atoms with van der Waals surface area (Å²) in [6.45, 7) is 4.85. The SMILES string of the molecule is CCC(C)C(=O)NCCC1=CCCCC1. The summed E-state index contributed by atoms with van der Waals surface area (Å²) in [7, 11) is 0.